The lowest BCUT2D eigenvalue weighted by Gasteiger charge is -2.12. The van der Waals surface area contributed by atoms with Crippen LogP contribution in [0.15, 0.2) is 77.0 Å². The molecule has 0 saturated carbocycles. The van der Waals surface area contributed by atoms with E-state index in [0.29, 0.717) is 0 Å². The van der Waals surface area contributed by atoms with Crippen LogP contribution >= 0.6 is 0 Å². The molecule has 3 aromatic rings. The number of para-hydroxylation sites is 1. The van der Waals surface area contributed by atoms with Crippen LogP contribution in [0.3, 0.4) is 0 Å². The number of amides is 1. The highest BCUT2D eigenvalue weighted by atomic mass is 16.2. The van der Waals surface area contributed by atoms with E-state index in [1.165, 1.54) is 5.01 Å². The summed E-state index contributed by atoms with van der Waals surface area (Å²) < 4.78 is 0. The highest BCUT2D eigenvalue weighted by Crippen LogP contribution is 2.24. The van der Waals surface area contributed by atoms with Gasteiger partial charge in [-0.2, -0.15) is 10.1 Å². The summed E-state index contributed by atoms with van der Waals surface area (Å²) >= 11 is 0. The molecule has 4 rings (SSSR count). The van der Waals surface area contributed by atoms with Gasteiger partial charge in [-0.25, -0.2) is 0 Å². The highest BCUT2D eigenvalue weighted by molar-refractivity contribution is 6.23. The highest BCUT2D eigenvalue weighted by Gasteiger charge is 2.33. The van der Waals surface area contributed by atoms with Crippen molar-refractivity contribution in [3.63, 3.8) is 0 Å². The predicted molar refractivity (Wildman–Crippen MR) is 100 cm³/mol. The van der Waals surface area contributed by atoms with Gasteiger partial charge in [-0.1, -0.05) is 24.3 Å². The summed E-state index contributed by atoms with van der Waals surface area (Å²) in [5.74, 6) is -0.528. The number of hydrogen-bond donors (Lipinski definition) is 0. The van der Waals surface area contributed by atoms with Gasteiger partial charge in [-0.05, 0) is 43.3 Å². The Morgan fingerprint density at radius 1 is 1.08 bits per heavy atom. The van der Waals surface area contributed by atoms with Crippen molar-refractivity contribution in [2.24, 2.45) is 16.0 Å². The molecule has 0 radical (unpaired) electrons. The molecule has 0 unspecified atom stereocenters. The summed E-state index contributed by atoms with van der Waals surface area (Å²) in [7, 11) is 0. The fourth-order valence-electron chi connectivity index (χ4n) is 2.81. The third-order valence-electron chi connectivity index (χ3n) is 4.14. The number of pyridine rings is 1. The molecule has 1 atom stereocenters. The average molecular weight is 328 g/mol. The molecular formula is C20H16N4O. The zero-order chi connectivity index (χ0) is 17.2. The van der Waals surface area contributed by atoms with E-state index in [1.54, 1.807) is 12.4 Å². The summed E-state index contributed by atoms with van der Waals surface area (Å²) in [4.78, 5) is 21.4. The largest absolute Gasteiger partial charge is 0.271 e. The molecule has 2 heterocycles. The van der Waals surface area contributed by atoms with Gasteiger partial charge in [0, 0.05) is 17.8 Å². The molecule has 25 heavy (non-hydrogen) atoms. The molecule has 5 nitrogen and oxygen atoms in total. The van der Waals surface area contributed by atoms with Gasteiger partial charge in [-0.15, -0.1) is 0 Å². The van der Waals surface area contributed by atoms with Gasteiger partial charge in [0.15, 0.2) is 0 Å². The number of carbonyl (C=O) groups is 1. The molecule has 0 aliphatic carbocycles. The van der Waals surface area contributed by atoms with E-state index >= 15 is 0 Å². The standard InChI is InChI=1S/C20H16N4O/c1-14-18(20(25)24(23-14)17-7-3-2-4-8-17)13-22-16-9-10-19-15(12-16)6-5-11-21-19/h2-13,18H,1H3/t18-/m0/s1. The molecule has 1 amide bonds. The first kappa shape index (κ1) is 15.2. The van der Waals surface area contributed by atoms with Crippen molar-refractivity contribution in [2.45, 2.75) is 6.92 Å². The van der Waals surface area contributed by atoms with Crippen molar-refractivity contribution < 1.29 is 4.79 Å². The maximum atomic E-state index is 12.7. The second kappa shape index (κ2) is 6.28. The van der Waals surface area contributed by atoms with Crippen molar-refractivity contribution in [2.75, 3.05) is 5.01 Å². The molecule has 0 fully saturated rings. The van der Waals surface area contributed by atoms with Crippen LogP contribution in [-0.2, 0) is 4.79 Å². The molecule has 5 heteroatoms. The van der Waals surface area contributed by atoms with E-state index in [-0.39, 0.29) is 5.91 Å². The van der Waals surface area contributed by atoms with Crippen molar-refractivity contribution >= 4 is 40.1 Å². The Balaban J connectivity index is 1.58. The van der Waals surface area contributed by atoms with Crippen LogP contribution in [0.25, 0.3) is 10.9 Å². The van der Waals surface area contributed by atoms with Gasteiger partial charge in [0.05, 0.1) is 22.6 Å². The van der Waals surface area contributed by atoms with Crippen molar-refractivity contribution in [1.82, 2.24) is 4.98 Å². The van der Waals surface area contributed by atoms with Crippen LogP contribution < -0.4 is 5.01 Å². The Morgan fingerprint density at radius 2 is 1.92 bits per heavy atom. The number of aliphatic imine (C=N–C) groups is 1. The van der Waals surface area contributed by atoms with Crippen LogP contribution in [0.4, 0.5) is 11.4 Å². The quantitative estimate of drug-likeness (QED) is 0.683. The van der Waals surface area contributed by atoms with E-state index in [1.807, 2.05) is 67.6 Å². The number of fused-ring (bicyclic) bond motifs is 1. The molecule has 0 spiro atoms. The van der Waals surface area contributed by atoms with E-state index in [0.717, 1.165) is 28.0 Å². The van der Waals surface area contributed by atoms with Crippen LogP contribution in [-0.4, -0.2) is 22.8 Å². The second-order valence-electron chi connectivity index (χ2n) is 5.86. The number of aromatic nitrogens is 1. The van der Waals surface area contributed by atoms with E-state index in [2.05, 4.69) is 15.1 Å². The summed E-state index contributed by atoms with van der Waals surface area (Å²) in [6.45, 7) is 1.85. The minimum Gasteiger partial charge on any atom is -0.271 e. The van der Waals surface area contributed by atoms with Gasteiger partial charge in [0.1, 0.15) is 5.92 Å². The van der Waals surface area contributed by atoms with Gasteiger partial charge in [-0.3, -0.25) is 14.8 Å². The molecule has 1 aromatic heterocycles. The molecule has 1 aliphatic rings. The monoisotopic (exact) mass is 328 g/mol. The van der Waals surface area contributed by atoms with Gasteiger partial charge < -0.3 is 0 Å². The predicted octanol–water partition coefficient (Wildman–Crippen LogP) is 3.98. The first-order chi connectivity index (χ1) is 12.2. The number of nitrogens with zero attached hydrogens (tertiary/aromatic N) is 4. The van der Waals surface area contributed by atoms with Crippen molar-refractivity contribution in [1.29, 1.82) is 0 Å². The Kier molecular flexibility index (Phi) is 3.82. The third kappa shape index (κ3) is 2.92. The van der Waals surface area contributed by atoms with Crippen LogP contribution in [0.1, 0.15) is 6.92 Å². The first-order valence-electron chi connectivity index (χ1n) is 8.05. The van der Waals surface area contributed by atoms with E-state index in [9.17, 15) is 4.79 Å². The summed E-state index contributed by atoms with van der Waals surface area (Å²) in [6, 6.07) is 19.1. The van der Waals surface area contributed by atoms with Gasteiger partial charge in [0.2, 0.25) is 0 Å². The van der Waals surface area contributed by atoms with Crippen molar-refractivity contribution in [3.05, 3.63) is 66.9 Å². The maximum absolute atomic E-state index is 12.7. The fourth-order valence-corrected chi connectivity index (χ4v) is 2.81. The fraction of sp³-hybridized carbons (Fsp3) is 0.100. The smallest absolute Gasteiger partial charge is 0.261 e. The Hall–Kier alpha value is -3.34. The number of rotatable bonds is 3. The summed E-state index contributed by atoms with van der Waals surface area (Å²) in [5.41, 5.74) is 3.21. The Morgan fingerprint density at radius 3 is 2.76 bits per heavy atom. The third-order valence-corrected chi connectivity index (χ3v) is 4.14. The Bertz CT molecular complexity index is 995. The molecule has 0 saturated heterocycles. The zero-order valence-electron chi connectivity index (χ0n) is 13.7. The summed E-state index contributed by atoms with van der Waals surface area (Å²) in [5, 5.41) is 6.84. The minimum absolute atomic E-state index is 0.0881. The second-order valence-corrected chi connectivity index (χ2v) is 5.86. The molecule has 122 valence electrons. The average Bonchev–Trinajstić information content (AvgIpc) is 2.94. The SMILES string of the molecule is CC1=NN(c2ccccc2)C(=O)[C@H]1C=Nc1ccc2ncccc2c1. The molecule has 1 aliphatic heterocycles. The topological polar surface area (TPSA) is 57.9 Å². The lowest BCUT2D eigenvalue weighted by atomic mass is 10.1. The van der Waals surface area contributed by atoms with Crippen LogP contribution in [0.5, 0.6) is 0 Å². The van der Waals surface area contributed by atoms with Crippen molar-refractivity contribution in [3.8, 4) is 0 Å². The lowest BCUT2D eigenvalue weighted by Crippen LogP contribution is -2.27. The number of anilines is 1. The maximum Gasteiger partial charge on any atom is 0.261 e. The van der Waals surface area contributed by atoms with Crippen LogP contribution in [0, 0.1) is 5.92 Å². The van der Waals surface area contributed by atoms with E-state index < -0.39 is 5.92 Å². The summed E-state index contributed by atoms with van der Waals surface area (Å²) in [6.07, 6.45) is 3.43. The zero-order valence-corrected chi connectivity index (χ0v) is 13.7. The van der Waals surface area contributed by atoms with Gasteiger partial charge >= 0.3 is 0 Å². The number of benzene rings is 2. The van der Waals surface area contributed by atoms with Crippen LogP contribution in [0.2, 0.25) is 0 Å². The molecule has 0 N–H and O–H groups in total. The molecular weight excluding hydrogens is 312 g/mol. The lowest BCUT2D eigenvalue weighted by molar-refractivity contribution is -0.118. The first-order valence-corrected chi connectivity index (χ1v) is 8.05. The minimum atomic E-state index is -0.440. The number of hydrazone groups is 1. The Labute approximate surface area is 145 Å². The number of hydrogen-bond acceptors (Lipinski definition) is 4. The number of carbonyl (C=O) groups excluding carboxylic acids is 1. The molecule has 0 bridgehead atoms. The van der Waals surface area contributed by atoms with E-state index in [4.69, 9.17) is 0 Å². The molecule has 2 aromatic carbocycles. The van der Waals surface area contributed by atoms with Gasteiger partial charge in [0.25, 0.3) is 5.91 Å². The normalized spacial score (nSPS) is 17.5.